The average Bonchev–Trinajstić information content (AvgIpc) is 2.76. The molecule has 1 N–H and O–H groups in total. The summed E-state index contributed by atoms with van der Waals surface area (Å²) in [6.45, 7) is 0.847. The summed E-state index contributed by atoms with van der Waals surface area (Å²) in [4.78, 5) is 8.30. The first-order valence-electron chi connectivity index (χ1n) is 5.39. The van der Waals surface area contributed by atoms with Gasteiger partial charge < -0.3 is 5.32 Å². The topological polar surface area (TPSA) is 37.8 Å². The van der Waals surface area contributed by atoms with Crippen molar-refractivity contribution in [2.75, 3.05) is 6.26 Å². The molecule has 0 spiro atoms. The lowest BCUT2D eigenvalue weighted by Gasteiger charge is -2.11. The van der Waals surface area contributed by atoms with Gasteiger partial charge in [-0.25, -0.2) is 0 Å². The van der Waals surface area contributed by atoms with E-state index in [0.29, 0.717) is 6.04 Å². The highest BCUT2D eigenvalue weighted by molar-refractivity contribution is 7.99. The van der Waals surface area contributed by atoms with Gasteiger partial charge in [0.1, 0.15) is 0 Å². The van der Waals surface area contributed by atoms with E-state index in [0.717, 1.165) is 17.5 Å². The average molecular weight is 223 g/mol. The molecule has 1 aliphatic carbocycles. The van der Waals surface area contributed by atoms with Gasteiger partial charge >= 0.3 is 0 Å². The first-order valence-corrected chi connectivity index (χ1v) is 6.68. The molecule has 0 saturated heterocycles. The second-order valence-corrected chi connectivity index (χ2v) is 5.08. The molecule has 0 aromatic carbocycles. The summed E-state index contributed by atoms with van der Waals surface area (Å²) in [5, 5.41) is 4.40. The zero-order valence-corrected chi connectivity index (χ0v) is 9.83. The van der Waals surface area contributed by atoms with Crippen LogP contribution in [-0.4, -0.2) is 27.5 Å². The molecule has 2 atom stereocenters. The predicted octanol–water partition coefficient (Wildman–Crippen LogP) is 1.85. The lowest BCUT2D eigenvalue weighted by atomic mass is 10.2. The highest BCUT2D eigenvalue weighted by Gasteiger charge is 2.23. The van der Waals surface area contributed by atoms with Crippen molar-refractivity contribution in [1.82, 2.24) is 15.3 Å². The van der Waals surface area contributed by atoms with Crippen molar-refractivity contribution >= 4 is 11.8 Å². The molecule has 1 saturated carbocycles. The van der Waals surface area contributed by atoms with Gasteiger partial charge in [0.2, 0.25) is 0 Å². The second kappa shape index (κ2) is 5.47. The minimum atomic E-state index is 0.671. The third kappa shape index (κ3) is 3.18. The molecule has 82 valence electrons. The normalized spacial score (nSPS) is 25.7. The summed E-state index contributed by atoms with van der Waals surface area (Å²) < 4.78 is 0. The maximum absolute atomic E-state index is 4.25. The molecule has 0 amide bonds. The first-order chi connectivity index (χ1) is 7.38. The van der Waals surface area contributed by atoms with E-state index in [4.69, 9.17) is 0 Å². The number of nitrogens with zero attached hydrogens (tertiary/aromatic N) is 2. The Morgan fingerprint density at radius 2 is 2.40 bits per heavy atom. The molecule has 1 aromatic heterocycles. The van der Waals surface area contributed by atoms with Crippen LogP contribution in [0.2, 0.25) is 0 Å². The van der Waals surface area contributed by atoms with Crippen LogP contribution in [0.25, 0.3) is 0 Å². The van der Waals surface area contributed by atoms with Crippen LogP contribution in [0.3, 0.4) is 0 Å². The number of aromatic nitrogens is 2. The van der Waals surface area contributed by atoms with Crippen molar-refractivity contribution in [1.29, 1.82) is 0 Å². The molecule has 2 rings (SSSR count). The SMILES string of the molecule is CSC1CCC(NCc2cnccn2)C1. The van der Waals surface area contributed by atoms with Gasteiger partial charge in [0, 0.05) is 36.4 Å². The molecule has 0 bridgehead atoms. The Balaban J connectivity index is 1.75. The highest BCUT2D eigenvalue weighted by atomic mass is 32.2. The molecule has 4 heteroatoms. The standard InChI is InChI=1S/C11H17N3S/c1-15-11-3-2-9(6-11)14-8-10-7-12-4-5-13-10/h4-5,7,9,11,14H,2-3,6,8H2,1H3. The summed E-state index contributed by atoms with van der Waals surface area (Å²) >= 11 is 1.99. The number of thioether (sulfide) groups is 1. The van der Waals surface area contributed by atoms with Crippen molar-refractivity contribution in [2.45, 2.75) is 37.1 Å². The predicted molar refractivity (Wildman–Crippen MR) is 63.8 cm³/mol. The quantitative estimate of drug-likeness (QED) is 0.845. The van der Waals surface area contributed by atoms with Gasteiger partial charge in [-0.2, -0.15) is 11.8 Å². The van der Waals surface area contributed by atoms with Gasteiger partial charge in [0.15, 0.2) is 0 Å². The Labute approximate surface area is 95.1 Å². The molecular formula is C11H17N3S. The van der Waals surface area contributed by atoms with Crippen molar-refractivity contribution < 1.29 is 0 Å². The third-order valence-electron chi connectivity index (χ3n) is 2.91. The minimum absolute atomic E-state index is 0.671. The van der Waals surface area contributed by atoms with Gasteiger partial charge in [-0.3, -0.25) is 9.97 Å². The van der Waals surface area contributed by atoms with Crippen LogP contribution in [0.4, 0.5) is 0 Å². The van der Waals surface area contributed by atoms with Gasteiger partial charge in [0.25, 0.3) is 0 Å². The molecule has 2 unspecified atom stereocenters. The molecule has 1 aromatic rings. The molecular weight excluding hydrogens is 206 g/mol. The fourth-order valence-corrected chi connectivity index (χ4v) is 2.81. The summed E-state index contributed by atoms with van der Waals surface area (Å²) in [5.74, 6) is 0. The van der Waals surface area contributed by atoms with E-state index in [1.165, 1.54) is 19.3 Å². The zero-order chi connectivity index (χ0) is 10.5. The van der Waals surface area contributed by atoms with E-state index in [1.54, 1.807) is 12.4 Å². The Kier molecular flexibility index (Phi) is 3.97. The van der Waals surface area contributed by atoms with Crippen molar-refractivity contribution in [2.24, 2.45) is 0 Å². The third-order valence-corrected chi connectivity index (χ3v) is 4.00. The van der Waals surface area contributed by atoms with E-state index in [9.17, 15) is 0 Å². The summed E-state index contributed by atoms with van der Waals surface area (Å²) in [6.07, 6.45) is 11.4. The number of nitrogens with one attached hydrogen (secondary N) is 1. The van der Waals surface area contributed by atoms with Crippen LogP contribution in [0.15, 0.2) is 18.6 Å². The van der Waals surface area contributed by atoms with E-state index in [-0.39, 0.29) is 0 Å². The fraction of sp³-hybridized carbons (Fsp3) is 0.636. The molecule has 1 aliphatic rings. The van der Waals surface area contributed by atoms with Crippen LogP contribution in [0.5, 0.6) is 0 Å². The fourth-order valence-electron chi connectivity index (χ4n) is 2.01. The molecule has 0 radical (unpaired) electrons. The molecule has 1 fully saturated rings. The van der Waals surface area contributed by atoms with Crippen molar-refractivity contribution in [3.05, 3.63) is 24.3 Å². The van der Waals surface area contributed by atoms with E-state index < -0.39 is 0 Å². The molecule has 3 nitrogen and oxygen atoms in total. The Morgan fingerprint density at radius 1 is 1.47 bits per heavy atom. The van der Waals surface area contributed by atoms with Crippen LogP contribution < -0.4 is 5.32 Å². The highest BCUT2D eigenvalue weighted by Crippen LogP contribution is 2.28. The summed E-state index contributed by atoms with van der Waals surface area (Å²) in [7, 11) is 0. The number of rotatable bonds is 4. The van der Waals surface area contributed by atoms with Gasteiger partial charge in [-0.15, -0.1) is 0 Å². The van der Waals surface area contributed by atoms with E-state index in [2.05, 4.69) is 21.5 Å². The summed E-state index contributed by atoms with van der Waals surface area (Å²) in [5.41, 5.74) is 1.03. The van der Waals surface area contributed by atoms with Gasteiger partial charge in [0.05, 0.1) is 5.69 Å². The Bertz CT molecular complexity index is 291. The van der Waals surface area contributed by atoms with Crippen molar-refractivity contribution in [3.63, 3.8) is 0 Å². The monoisotopic (exact) mass is 223 g/mol. The number of hydrogen-bond donors (Lipinski definition) is 1. The largest absolute Gasteiger partial charge is 0.308 e. The number of hydrogen-bond acceptors (Lipinski definition) is 4. The van der Waals surface area contributed by atoms with Crippen LogP contribution in [-0.2, 0) is 6.54 Å². The van der Waals surface area contributed by atoms with Crippen LogP contribution >= 0.6 is 11.8 Å². The minimum Gasteiger partial charge on any atom is -0.308 e. The zero-order valence-electron chi connectivity index (χ0n) is 9.02. The molecule has 1 heterocycles. The maximum atomic E-state index is 4.25. The lowest BCUT2D eigenvalue weighted by Crippen LogP contribution is -2.26. The first kappa shape index (κ1) is 10.9. The molecule has 0 aliphatic heterocycles. The van der Waals surface area contributed by atoms with E-state index >= 15 is 0 Å². The van der Waals surface area contributed by atoms with Crippen LogP contribution in [0.1, 0.15) is 25.0 Å². The maximum Gasteiger partial charge on any atom is 0.0724 e. The molecule has 15 heavy (non-hydrogen) atoms. The summed E-state index contributed by atoms with van der Waals surface area (Å²) in [6, 6.07) is 0.671. The van der Waals surface area contributed by atoms with Gasteiger partial charge in [-0.05, 0) is 25.5 Å². The second-order valence-electron chi connectivity index (χ2n) is 3.95. The smallest absolute Gasteiger partial charge is 0.0724 e. The van der Waals surface area contributed by atoms with Crippen molar-refractivity contribution in [3.8, 4) is 0 Å². The lowest BCUT2D eigenvalue weighted by molar-refractivity contribution is 0.519. The Morgan fingerprint density at radius 3 is 3.07 bits per heavy atom. The Hall–Kier alpha value is -0.610. The van der Waals surface area contributed by atoms with E-state index in [1.807, 2.05) is 18.0 Å². The van der Waals surface area contributed by atoms with Crippen LogP contribution in [0, 0.1) is 0 Å². The van der Waals surface area contributed by atoms with Gasteiger partial charge in [-0.1, -0.05) is 0 Å².